The van der Waals surface area contributed by atoms with Gasteiger partial charge in [-0.15, -0.1) is 0 Å². The van der Waals surface area contributed by atoms with Gasteiger partial charge < -0.3 is 4.90 Å². The molecule has 1 radical (unpaired) electrons. The number of aromatic nitrogens is 4. The minimum atomic E-state index is -0.846. The van der Waals surface area contributed by atoms with E-state index in [1.54, 1.807) is 41.6 Å². The molecule has 2 unspecified atom stereocenters. The van der Waals surface area contributed by atoms with Crippen LogP contribution in [0.15, 0.2) is 36.9 Å². The monoisotopic (exact) mass is 330 g/mol. The Morgan fingerprint density at radius 3 is 2.42 bits per heavy atom. The summed E-state index contributed by atoms with van der Waals surface area (Å²) in [5.74, 6) is 0.663. The SMILES string of the molecule is [CH2]CC(C(N1CCN(c2ncccn2)CC1)[N+](=O)[O-])n1cccn1. The van der Waals surface area contributed by atoms with Crippen molar-refractivity contribution >= 4 is 5.95 Å². The molecule has 1 fully saturated rings. The number of piperazine rings is 1. The van der Waals surface area contributed by atoms with E-state index in [-0.39, 0.29) is 4.92 Å². The molecule has 1 aliphatic heterocycles. The molecule has 1 saturated heterocycles. The van der Waals surface area contributed by atoms with Gasteiger partial charge in [-0.1, -0.05) is 6.92 Å². The van der Waals surface area contributed by atoms with Crippen molar-refractivity contribution in [3.63, 3.8) is 0 Å². The fourth-order valence-corrected chi connectivity index (χ4v) is 3.05. The first-order valence-corrected chi connectivity index (χ1v) is 7.88. The molecule has 0 aliphatic carbocycles. The van der Waals surface area contributed by atoms with Gasteiger partial charge in [-0.3, -0.25) is 14.8 Å². The van der Waals surface area contributed by atoms with E-state index in [0.29, 0.717) is 38.5 Å². The lowest BCUT2D eigenvalue weighted by Crippen LogP contribution is -2.55. The van der Waals surface area contributed by atoms with Gasteiger partial charge in [0, 0.05) is 55.9 Å². The van der Waals surface area contributed by atoms with Gasteiger partial charge in [-0.05, 0) is 18.6 Å². The van der Waals surface area contributed by atoms with Crippen molar-refractivity contribution in [1.82, 2.24) is 24.6 Å². The third-order valence-electron chi connectivity index (χ3n) is 4.24. The second kappa shape index (κ2) is 7.35. The molecule has 0 saturated carbocycles. The summed E-state index contributed by atoms with van der Waals surface area (Å²) in [6, 6.07) is 3.14. The quantitative estimate of drug-likeness (QED) is 0.573. The fourth-order valence-electron chi connectivity index (χ4n) is 3.05. The van der Waals surface area contributed by atoms with Crippen molar-refractivity contribution in [3.8, 4) is 0 Å². The van der Waals surface area contributed by atoms with Crippen molar-refractivity contribution in [2.24, 2.45) is 0 Å². The standard InChI is InChI=1S/C15H20N7O2/c1-2-13(21-8-4-7-18-21)14(22(23)24)19-9-11-20(12-10-19)15-16-5-3-6-17-15/h3-8,13-14H,1-2,9-12H2. The van der Waals surface area contributed by atoms with Crippen LogP contribution in [-0.4, -0.2) is 61.9 Å². The van der Waals surface area contributed by atoms with Gasteiger partial charge in [-0.2, -0.15) is 5.10 Å². The minimum absolute atomic E-state index is 0.230. The first-order valence-electron chi connectivity index (χ1n) is 7.88. The predicted octanol–water partition coefficient (Wildman–Crippen LogP) is 0.863. The number of hydrogen-bond acceptors (Lipinski definition) is 7. The Balaban J connectivity index is 1.71. The zero-order valence-corrected chi connectivity index (χ0v) is 13.3. The summed E-state index contributed by atoms with van der Waals surface area (Å²) in [4.78, 5) is 23.9. The van der Waals surface area contributed by atoms with Crippen molar-refractivity contribution in [3.05, 3.63) is 54.0 Å². The number of rotatable bonds is 6. The van der Waals surface area contributed by atoms with Crippen LogP contribution in [0.4, 0.5) is 5.95 Å². The molecule has 0 spiro atoms. The lowest BCUT2D eigenvalue weighted by Gasteiger charge is -2.37. The van der Waals surface area contributed by atoms with E-state index in [4.69, 9.17) is 0 Å². The average Bonchev–Trinajstić information content (AvgIpc) is 3.14. The summed E-state index contributed by atoms with van der Waals surface area (Å²) in [5, 5.41) is 15.9. The van der Waals surface area contributed by atoms with E-state index in [0.717, 1.165) is 0 Å². The number of anilines is 1. The Labute approximate surface area is 140 Å². The largest absolute Gasteiger partial charge is 0.338 e. The van der Waals surface area contributed by atoms with Gasteiger partial charge in [-0.25, -0.2) is 14.9 Å². The van der Waals surface area contributed by atoms with Gasteiger partial charge in [0.15, 0.2) is 0 Å². The summed E-state index contributed by atoms with van der Waals surface area (Å²) in [5.41, 5.74) is 0. The molecule has 0 amide bonds. The Morgan fingerprint density at radius 2 is 1.88 bits per heavy atom. The Hall–Kier alpha value is -2.55. The Kier molecular flexibility index (Phi) is 4.99. The van der Waals surface area contributed by atoms with Crippen LogP contribution < -0.4 is 4.90 Å². The van der Waals surface area contributed by atoms with E-state index in [9.17, 15) is 10.1 Å². The van der Waals surface area contributed by atoms with E-state index >= 15 is 0 Å². The van der Waals surface area contributed by atoms with Crippen LogP contribution >= 0.6 is 0 Å². The highest BCUT2D eigenvalue weighted by Gasteiger charge is 2.39. The van der Waals surface area contributed by atoms with Crippen molar-refractivity contribution in [2.75, 3.05) is 31.1 Å². The maximum atomic E-state index is 11.7. The first kappa shape index (κ1) is 16.3. The summed E-state index contributed by atoms with van der Waals surface area (Å²) in [6.07, 6.45) is 6.33. The van der Waals surface area contributed by atoms with Crippen molar-refractivity contribution in [2.45, 2.75) is 18.6 Å². The van der Waals surface area contributed by atoms with E-state index in [1.807, 2.05) is 9.80 Å². The fraction of sp³-hybridized carbons (Fsp3) is 0.467. The van der Waals surface area contributed by atoms with E-state index < -0.39 is 12.2 Å². The van der Waals surface area contributed by atoms with Crippen LogP contribution in [0, 0.1) is 17.0 Å². The molecule has 0 bridgehead atoms. The number of nitrogens with zero attached hydrogens (tertiary/aromatic N) is 7. The second-order valence-corrected chi connectivity index (χ2v) is 5.61. The van der Waals surface area contributed by atoms with E-state index in [2.05, 4.69) is 22.0 Å². The third kappa shape index (κ3) is 3.35. The normalized spacial score (nSPS) is 18.3. The highest BCUT2D eigenvalue weighted by atomic mass is 16.6. The molecule has 3 heterocycles. The smallest absolute Gasteiger partial charge is 0.290 e. The maximum Gasteiger partial charge on any atom is 0.290 e. The second-order valence-electron chi connectivity index (χ2n) is 5.61. The highest BCUT2D eigenvalue weighted by molar-refractivity contribution is 5.29. The third-order valence-corrected chi connectivity index (χ3v) is 4.24. The number of hydrogen-bond donors (Lipinski definition) is 0. The molecule has 2 aromatic heterocycles. The van der Waals surface area contributed by atoms with Crippen molar-refractivity contribution < 1.29 is 4.92 Å². The average molecular weight is 330 g/mol. The Morgan fingerprint density at radius 1 is 1.17 bits per heavy atom. The van der Waals surface area contributed by atoms with Crippen LogP contribution in [0.25, 0.3) is 0 Å². The van der Waals surface area contributed by atoms with E-state index in [1.165, 1.54) is 0 Å². The summed E-state index contributed by atoms with van der Waals surface area (Å²) < 4.78 is 1.63. The van der Waals surface area contributed by atoms with Crippen LogP contribution in [0.5, 0.6) is 0 Å². The van der Waals surface area contributed by atoms with Crippen LogP contribution in [0.2, 0.25) is 0 Å². The minimum Gasteiger partial charge on any atom is -0.338 e. The summed E-state index contributed by atoms with van der Waals surface area (Å²) in [7, 11) is 0. The number of nitro groups is 1. The molecule has 127 valence electrons. The molecule has 24 heavy (non-hydrogen) atoms. The lowest BCUT2D eigenvalue weighted by molar-refractivity contribution is -0.559. The molecule has 2 atom stereocenters. The summed E-state index contributed by atoms with van der Waals surface area (Å²) in [6.45, 7) is 6.32. The molecule has 0 N–H and O–H groups in total. The van der Waals surface area contributed by atoms with Gasteiger partial charge in [0.05, 0.1) is 0 Å². The maximum absolute atomic E-state index is 11.7. The molecular formula is C15H20N7O2. The van der Waals surface area contributed by atoms with Gasteiger partial charge in [0.1, 0.15) is 6.04 Å². The van der Waals surface area contributed by atoms with Crippen molar-refractivity contribution in [1.29, 1.82) is 0 Å². The van der Waals surface area contributed by atoms with Gasteiger partial charge >= 0.3 is 0 Å². The van der Waals surface area contributed by atoms with Crippen LogP contribution in [0.3, 0.4) is 0 Å². The molecule has 9 nitrogen and oxygen atoms in total. The van der Waals surface area contributed by atoms with Crippen LogP contribution in [-0.2, 0) is 0 Å². The molecule has 9 heteroatoms. The first-order chi connectivity index (χ1) is 11.7. The highest BCUT2D eigenvalue weighted by Crippen LogP contribution is 2.22. The van der Waals surface area contributed by atoms with Gasteiger partial charge in [0.25, 0.3) is 6.17 Å². The summed E-state index contributed by atoms with van der Waals surface area (Å²) >= 11 is 0. The lowest BCUT2D eigenvalue weighted by atomic mass is 10.1. The molecule has 1 aliphatic rings. The molecule has 3 rings (SSSR count). The Bertz CT molecular complexity index is 641. The predicted molar refractivity (Wildman–Crippen MR) is 87.8 cm³/mol. The zero-order chi connectivity index (χ0) is 16.9. The van der Waals surface area contributed by atoms with Gasteiger partial charge in [0.2, 0.25) is 5.95 Å². The molecule has 2 aromatic rings. The topological polar surface area (TPSA) is 93.2 Å². The zero-order valence-electron chi connectivity index (χ0n) is 13.3. The molecule has 0 aromatic carbocycles. The molecular weight excluding hydrogens is 310 g/mol. The van der Waals surface area contributed by atoms with Crippen LogP contribution in [0.1, 0.15) is 12.5 Å².